The fourth-order valence-electron chi connectivity index (χ4n) is 2.55. The van der Waals surface area contributed by atoms with Gasteiger partial charge in [-0.25, -0.2) is 0 Å². The average Bonchev–Trinajstić information content (AvgIpc) is 2.56. The summed E-state index contributed by atoms with van der Waals surface area (Å²) in [5.41, 5.74) is 6.72. The zero-order valence-corrected chi connectivity index (χ0v) is 15.4. The van der Waals surface area contributed by atoms with Crippen LogP contribution in [-0.4, -0.2) is 12.4 Å². The van der Waals surface area contributed by atoms with E-state index in [0.717, 1.165) is 11.3 Å². The summed E-state index contributed by atoms with van der Waals surface area (Å²) in [6.45, 7) is 9.09. The van der Waals surface area contributed by atoms with Crippen LogP contribution in [0.15, 0.2) is 24.3 Å². The van der Waals surface area contributed by atoms with Gasteiger partial charge in [-0.15, -0.1) is 0 Å². The minimum Gasteiger partial charge on any atom is -0.465 e. The molecule has 1 aliphatic rings. The second-order valence-corrected chi connectivity index (χ2v) is 6.68. The first kappa shape index (κ1) is 20.0. The number of benzene rings is 1. The summed E-state index contributed by atoms with van der Waals surface area (Å²) in [5.74, 6) is 1.20. The molecule has 1 atom stereocenters. The molecule has 0 radical (unpaired) electrons. The average molecular weight is 322 g/mol. The highest BCUT2D eigenvalue weighted by molar-refractivity contribution is 5.27. The van der Waals surface area contributed by atoms with Gasteiger partial charge in [-0.3, -0.25) is 0 Å². The maximum atomic E-state index is 6.17. The van der Waals surface area contributed by atoms with Crippen LogP contribution in [0.1, 0.15) is 71.8 Å². The third kappa shape index (κ3) is 7.85. The van der Waals surface area contributed by atoms with Gasteiger partial charge in [-0.2, -0.15) is 0 Å². The molecule has 0 heterocycles. The SMILES string of the molecule is CC(C)C(Oc1ccc(CN)cc1)OC1CCCCC1.CCC. The van der Waals surface area contributed by atoms with Crippen LogP contribution in [0.5, 0.6) is 5.75 Å². The molecule has 1 aliphatic carbocycles. The molecule has 3 nitrogen and oxygen atoms in total. The van der Waals surface area contributed by atoms with Crippen molar-refractivity contribution in [1.29, 1.82) is 0 Å². The monoisotopic (exact) mass is 321 g/mol. The van der Waals surface area contributed by atoms with E-state index in [9.17, 15) is 0 Å². The van der Waals surface area contributed by atoms with Crippen LogP contribution in [-0.2, 0) is 11.3 Å². The van der Waals surface area contributed by atoms with Gasteiger partial charge in [0.1, 0.15) is 5.75 Å². The molecule has 0 bridgehead atoms. The molecule has 0 saturated heterocycles. The molecule has 2 rings (SSSR count). The smallest absolute Gasteiger partial charge is 0.202 e. The van der Waals surface area contributed by atoms with Gasteiger partial charge in [-0.1, -0.05) is 65.5 Å². The molecule has 0 aromatic heterocycles. The van der Waals surface area contributed by atoms with Gasteiger partial charge in [0.2, 0.25) is 6.29 Å². The number of ether oxygens (including phenoxy) is 2. The van der Waals surface area contributed by atoms with Crippen LogP contribution in [0, 0.1) is 5.92 Å². The first-order valence-electron chi connectivity index (χ1n) is 9.21. The van der Waals surface area contributed by atoms with Gasteiger partial charge in [0.25, 0.3) is 0 Å². The van der Waals surface area contributed by atoms with Crippen molar-refractivity contribution in [3.05, 3.63) is 29.8 Å². The van der Waals surface area contributed by atoms with Crippen molar-refractivity contribution in [2.24, 2.45) is 11.7 Å². The van der Waals surface area contributed by atoms with E-state index in [-0.39, 0.29) is 6.29 Å². The highest BCUT2D eigenvalue weighted by atomic mass is 16.7. The first-order valence-corrected chi connectivity index (χ1v) is 9.21. The largest absolute Gasteiger partial charge is 0.465 e. The van der Waals surface area contributed by atoms with Crippen molar-refractivity contribution in [1.82, 2.24) is 0 Å². The number of hydrogen-bond donors (Lipinski definition) is 1. The molecule has 23 heavy (non-hydrogen) atoms. The minimum atomic E-state index is -0.165. The highest BCUT2D eigenvalue weighted by Crippen LogP contribution is 2.25. The molecular weight excluding hydrogens is 286 g/mol. The Morgan fingerprint density at radius 3 is 2.09 bits per heavy atom. The van der Waals surface area contributed by atoms with E-state index in [4.69, 9.17) is 15.2 Å². The molecule has 1 aromatic carbocycles. The zero-order chi connectivity index (χ0) is 17.1. The van der Waals surface area contributed by atoms with Crippen molar-refractivity contribution in [2.75, 3.05) is 0 Å². The summed E-state index contributed by atoms with van der Waals surface area (Å²) in [7, 11) is 0. The van der Waals surface area contributed by atoms with Crippen molar-refractivity contribution in [3.63, 3.8) is 0 Å². The van der Waals surface area contributed by atoms with Crippen LogP contribution in [0.2, 0.25) is 0 Å². The van der Waals surface area contributed by atoms with Crippen LogP contribution in [0.4, 0.5) is 0 Å². The minimum absolute atomic E-state index is 0.165. The molecule has 1 saturated carbocycles. The van der Waals surface area contributed by atoms with E-state index in [1.54, 1.807) is 0 Å². The van der Waals surface area contributed by atoms with Gasteiger partial charge in [0.05, 0.1) is 6.10 Å². The Hall–Kier alpha value is -1.06. The molecule has 132 valence electrons. The van der Waals surface area contributed by atoms with E-state index in [1.165, 1.54) is 38.5 Å². The van der Waals surface area contributed by atoms with E-state index < -0.39 is 0 Å². The maximum absolute atomic E-state index is 6.17. The van der Waals surface area contributed by atoms with Crippen LogP contribution in [0.3, 0.4) is 0 Å². The molecule has 1 fully saturated rings. The molecule has 0 amide bonds. The van der Waals surface area contributed by atoms with E-state index in [0.29, 0.717) is 18.6 Å². The lowest BCUT2D eigenvalue weighted by molar-refractivity contribution is -0.150. The third-order valence-corrected chi connectivity index (χ3v) is 3.83. The summed E-state index contributed by atoms with van der Waals surface area (Å²) in [4.78, 5) is 0. The first-order chi connectivity index (χ1) is 11.1. The summed E-state index contributed by atoms with van der Waals surface area (Å²) in [6, 6.07) is 7.96. The fourth-order valence-corrected chi connectivity index (χ4v) is 2.55. The molecular formula is C20H35NO2. The quantitative estimate of drug-likeness (QED) is 0.726. The van der Waals surface area contributed by atoms with Crippen LogP contribution in [0.25, 0.3) is 0 Å². The Labute approximate surface area is 142 Å². The summed E-state index contributed by atoms with van der Waals surface area (Å²) >= 11 is 0. The fraction of sp³-hybridized carbons (Fsp3) is 0.700. The predicted molar refractivity (Wildman–Crippen MR) is 97.5 cm³/mol. The van der Waals surface area contributed by atoms with Gasteiger partial charge < -0.3 is 15.2 Å². The van der Waals surface area contributed by atoms with Crippen molar-refractivity contribution in [2.45, 2.75) is 85.2 Å². The zero-order valence-electron chi connectivity index (χ0n) is 15.4. The topological polar surface area (TPSA) is 44.5 Å². The van der Waals surface area contributed by atoms with Crippen molar-refractivity contribution >= 4 is 0 Å². The molecule has 3 heteroatoms. The highest BCUT2D eigenvalue weighted by Gasteiger charge is 2.22. The summed E-state index contributed by atoms with van der Waals surface area (Å²) in [6.07, 6.45) is 7.67. The number of rotatable bonds is 6. The maximum Gasteiger partial charge on any atom is 0.202 e. The van der Waals surface area contributed by atoms with Crippen molar-refractivity contribution in [3.8, 4) is 5.75 Å². The Kier molecular flexibility index (Phi) is 9.97. The number of nitrogens with two attached hydrogens (primary N) is 1. The van der Waals surface area contributed by atoms with Gasteiger partial charge in [-0.05, 0) is 30.5 Å². The summed E-state index contributed by atoms with van der Waals surface area (Å²) in [5, 5.41) is 0. The lowest BCUT2D eigenvalue weighted by Crippen LogP contribution is -2.32. The van der Waals surface area contributed by atoms with E-state index in [2.05, 4.69) is 27.7 Å². The Bertz CT molecular complexity index is 397. The molecule has 1 unspecified atom stereocenters. The Morgan fingerprint density at radius 1 is 1.04 bits per heavy atom. The van der Waals surface area contributed by atoms with Gasteiger partial charge >= 0.3 is 0 Å². The Balaban J connectivity index is 0.000000816. The number of hydrogen-bond acceptors (Lipinski definition) is 3. The molecule has 2 N–H and O–H groups in total. The lowest BCUT2D eigenvalue weighted by Gasteiger charge is -2.30. The summed E-state index contributed by atoms with van der Waals surface area (Å²) < 4.78 is 12.2. The van der Waals surface area contributed by atoms with E-state index in [1.807, 2.05) is 24.3 Å². The van der Waals surface area contributed by atoms with Crippen molar-refractivity contribution < 1.29 is 9.47 Å². The molecule has 0 spiro atoms. The van der Waals surface area contributed by atoms with Gasteiger partial charge in [0, 0.05) is 12.5 Å². The van der Waals surface area contributed by atoms with Crippen LogP contribution < -0.4 is 10.5 Å². The molecule has 1 aromatic rings. The van der Waals surface area contributed by atoms with Crippen LogP contribution >= 0.6 is 0 Å². The third-order valence-electron chi connectivity index (χ3n) is 3.83. The van der Waals surface area contributed by atoms with E-state index >= 15 is 0 Å². The Morgan fingerprint density at radius 2 is 1.61 bits per heavy atom. The second-order valence-electron chi connectivity index (χ2n) is 6.68. The predicted octanol–water partition coefficient (Wildman–Crippen LogP) is 5.27. The standard InChI is InChI=1S/C17H27NO2.C3H8/c1-13(2)17(19-15-6-4-3-5-7-15)20-16-10-8-14(12-18)9-11-16;1-3-2/h8-11,13,15,17H,3-7,12,18H2,1-2H3;3H2,1-2H3. The van der Waals surface area contributed by atoms with Gasteiger partial charge in [0.15, 0.2) is 0 Å². The lowest BCUT2D eigenvalue weighted by atomic mass is 9.97. The molecule has 0 aliphatic heterocycles. The normalized spacial score (nSPS) is 16.6. The second kappa shape index (κ2) is 11.5.